The number of hydrogen-bond donors (Lipinski definition) is 2. The molecule has 0 aromatic rings. The molecule has 8 heavy (non-hydrogen) atoms. The van der Waals surface area contributed by atoms with Gasteiger partial charge in [-0.15, -0.1) is 0 Å². The van der Waals surface area contributed by atoms with Crippen molar-refractivity contribution in [1.82, 2.24) is 0 Å². The number of nitrogens with two attached hydrogens (primary N) is 1. The van der Waals surface area contributed by atoms with Gasteiger partial charge in [0.05, 0.1) is 0 Å². The van der Waals surface area contributed by atoms with Gasteiger partial charge in [-0.05, 0) is 0 Å². The van der Waals surface area contributed by atoms with Crippen LogP contribution < -0.4 is 35.3 Å². The zero-order valence-electron chi connectivity index (χ0n) is 5.16. The van der Waals surface area contributed by atoms with Crippen LogP contribution >= 0.6 is 0 Å². The van der Waals surface area contributed by atoms with Gasteiger partial charge in [-0.2, -0.15) is 8.42 Å². The van der Waals surface area contributed by atoms with Crippen LogP contribution in [0.25, 0.3) is 0 Å². The van der Waals surface area contributed by atoms with E-state index in [0.717, 1.165) is 0 Å². The molecule has 0 bridgehead atoms. The van der Waals surface area contributed by atoms with Gasteiger partial charge in [0.2, 0.25) is 0 Å². The number of amides is 1. The topological polar surface area (TPSA) is 97.5 Å². The molecule has 5 nitrogen and oxygen atoms in total. The summed E-state index contributed by atoms with van der Waals surface area (Å²) >= 11 is 0. The van der Waals surface area contributed by atoms with Crippen molar-refractivity contribution in [3.8, 4) is 0 Å². The molecule has 0 aromatic carbocycles. The van der Waals surface area contributed by atoms with Crippen LogP contribution in [0.3, 0.4) is 0 Å². The fraction of sp³-hybridized carbons (Fsp3) is 0. The van der Waals surface area contributed by atoms with Crippen molar-refractivity contribution in [2.45, 2.75) is 0 Å². The number of carbonyl (C=O) groups is 1. The van der Waals surface area contributed by atoms with E-state index < -0.39 is 15.4 Å². The second kappa shape index (κ2) is 3.41. The van der Waals surface area contributed by atoms with Gasteiger partial charge >= 0.3 is 44.9 Å². The largest absolute Gasteiger partial charge is 1.00 e. The first-order valence-corrected chi connectivity index (χ1v) is 2.65. The molecule has 0 aliphatic carbocycles. The van der Waals surface area contributed by atoms with Gasteiger partial charge < -0.3 is 7.16 Å². The van der Waals surface area contributed by atoms with Crippen LogP contribution in [-0.4, -0.2) is 18.2 Å². The van der Waals surface area contributed by atoms with Crippen molar-refractivity contribution >= 4 is 15.4 Å². The Balaban J connectivity index is -0.000000180. The van der Waals surface area contributed by atoms with Crippen molar-refractivity contribution < 1.29 is 48.7 Å². The molecule has 0 spiro atoms. The summed E-state index contributed by atoms with van der Waals surface area (Å²) in [5, 5.41) is -1.73. The second-order valence-corrected chi connectivity index (χ2v) is 2.15. The van der Waals surface area contributed by atoms with E-state index in [0.29, 0.717) is 0 Å². The standard InChI is InChI=1S/CH3NO4S.Na.H/c2-1(3)7(4,5)6;;/h(H2,2,3)(H,4,5,6);;/q;+1;-1. The predicted molar refractivity (Wildman–Crippen MR) is 22.2 cm³/mol. The van der Waals surface area contributed by atoms with Gasteiger partial charge in [0.1, 0.15) is 0 Å². The normalized spacial score (nSPS) is 9.62. The van der Waals surface area contributed by atoms with E-state index in [1.807, 2.05) is 0 Å². The van der Waals surface area contributed by atoms with Crippen LogP contribution in [0.5, 0.6) is 0 Å². The molecule has 0 atom stereocenters. The van der Waals surface area contributed by atoms with Crippen LogP contribution in [0.1, 0.15) is 1.43 Å². The summed E-state index contributed by atoms with van der Waals surface area (Å²) in [6, 6.07) is 0. The number of carbonyl (C=O) groups excluding carboxylic acids is 1. The third-order valence-electron chi connectivity index (χ3n) is 0.254. The quantitative estimate of drug-likeness (QED) is 0.271. The van der Waals surface area contributed by atoms with E-state index in [2.05, 4.69) is 5.73 Å². The minimum atomic E-state index is -4.60. The fourth-order valence-corrected chi connectivity index (χ4v) is 0. The Hall–Kier alpha value is 0.380. The van der Waals surface area contributed by atoms with Crippen LogP contribution in [0, 0.1) is 0 Å². The number of rotatable bonds is 0. The monoisotopic (exact) mass is 149 g/mol. The molecular formula is CH4NNaO4S. The Morgan fingerprint density at radius 1 is 1.62 bits per heavy atom. The van der Waals surface area contributed by atoms with Crippen LogP contribution in [0.2, 0.25) is 0 Å². The smallest absolute Gasteiger partial charge is 1.00 e. The molecule has 0 fully saturated rings. The van der Waals surface area contributed by atoms with E-state index in [-0.39, 0.29) is 31.0 Å². The van der Waals surface area contributed by atoms with E-state index >= 15 is 0 Å². The Kier molecular flexibility index (Phi) is 4.79. The summed E-state index contributed by atoms with van der Waals surface area (Å²) in [5.41, 5.74) is 4.09. The average Bonchev–Trinajstić information content (AvgIpc) is 1.31. The van der Waals surface area contributed by atoms with E-state index in [1.54, 1.807) is 0 Å². The maximum Gasteiger partial charge on any atom is 1.00 e. The predicted octanol–water partition coefficient (Wildman–Crippen LogP) is -3.93. The zero-order valence-corrected chi connectivity index (χ0v) is 6.97. The zero-order chi connectivity index (χ0) is 6.08. The van der Waals surface area contributed by atoms with Crippen LogP contribution in [0.15, 0.2) is 0 Å². The molecule has 0 unspecified atom stereocenters. The SMILES string of the molecule is NC(=O)S(=O)(=O)O.[H-].[Na+]. The molecule has 3 N–H and O–H groups in total. The van der Waals surface area contributed by atoms with Gasteiger partial charge in [-0.3, -0.25) is 9.35 Å². The van der Waals surface area contributed by atoms with E-state index in [1.165, 1.54) is 0 Å². The van der Waals surface area contributed by atoms with E-state index in [4.69, 9.17) is 4.55 Å². The minimum Gasteiger partial charge on any atom is -1.00 e. The molecule has 0 radical (unpaired) electrons. The molecule has 7 heteroatoms. The number of hydrogen-bond acceptors (Lipinski definition) is 3. The second-order valence-electron chi connectivity index (χ2n) is 0.794. The first-order valence-electron chi connectivity index (χ1n) is 1.21. The Labute approximate surface area is 69.8 Å². The van der Waals surface area contributed by atoms with Crippen molar-refractivity contribution in [2.75, 3.05) is 0 Å². The summed E-state index contributed by atoms with van der Waals surface area (Å²) in [6.07, 6.45) is 0. The molecule has 44 valence electrons. The maximum atomic E-state index is 9.41. The Morgan fingerprint density at radius 3 is 1.75 bits per heavy atom. The molecule has 0 rings (SSSR count). The van der Waals surface area contributed by atoms with Crippen LogP contribution in [-0.2, 0) is 10.1 Å². The van der Waals surface area contributed by atoms with Gasteiger partial charge in [0.25, 0.3) is 0 Å². The first kappa shape index (κ1) is 11.2. The van der Waals surface area contributed by atoms with Crippen molar-refractivity contribution in [3.05, 3.63) is 0 Å². The van der Waals surface area contributed by atoms with Crippen molar-refractivity contribution in [2.24, 2.45) is 5.73 Å². The summed E-state index contributed by atoms with van der Waals surface area (Å²) in [4.78, 5) is 9.41. The Bertz CT molecular complexity index is 175. The summed E-state index contributed by atoms with van der Waals surface area (Å²) in [5.74, 6) is 0. The van der Waals surface area contributed by atoms with Gasteiger partial charge in [0, 0.05) is 0 Å². The van der Waals surface area contributed by atoms with Gasteiger partial charge in [-0.1, -0.05) is 0 Å². The van der Waals surface area contributed by atoms with Crippen LogP contribution in [0.4, 0.5) is 4.79 Å². The maximum absolute atomic E-state index is 9.41. The third-order valence-corrected chi connectivity index (χ3v) is 0.763. The minimum absolute atomic E-state index is 0. The molecule has 0 heterocycles. The third kappa shape index (κ3) is 4.54. The molecule has 0 saturated heterocycles. The molecule has 0 saturated carbocycles. The summed E-state index contributed by atoms with van der Waals surface area (Å²) < 4.78 is 26.4. The number of primary amides is 1. The molecule has 0 aliphatic rings. The first-order chi connectivity index (χ1) is 2.94. The van der Waals surface area contributed by atoms with Crippen molar-refractivity contribution in [1.29, 1.82) is 0 Å². The summed E-state index contributed by atoms with van der Waals surface area (Å²) in [6.45, 7) is 0. The molecule has 0 aliphatic heterocycles. The summed E-state index contributed by atoms with van der Waals surface area (Å²) in [7, 11) is -4.60. The van der Waals surface area contributed by atoms with Gasteiger partial charge in [-0.25, -0.2) is 0 Å². The Morgan fingerprint density at radius 2 is 1.75 bits per heavy atom. The average molecular weight is 149 g/mol. The van der Waals surface area contributed by atoms with Crippen molar-refractivity contribution in [3.63, 3.8) is 0 Å². The van der Waals surface area contributed by atoms with E-state index in [9.17, 15) is 13.2 Å². The van der Waals surface area contributed by atoms with Gasteiger partial charge in [0.15, 0.2) is 0 Å². The molecule has 1 amide bonds. The molecule has 0 aromatic heterocycles. The molecular weight excluding hydrogens is 145 g/mol. The fourth-order valence-electron chi connectivity index (χ4n) is 0.